The van der Waals surface area contributed by atoms with E-state index in [1.807, 2.05) is 0 Å². The maximum Gasteiger partial charge on any atom is 0.511 e. The van der Waals surface area contributed by atoms with Crippen LogP contribution in [-0.4, -0.2) is 23.7 Å². The number of fused-ring (bicyclic) bond motifs is 1. The van der Waals surface area contributed by atoms with Gasteiger partial charge >= 0.3 is 6.16 Å². The monoisotopic (exact) mass is 317 g/mol. The molecule has 112 valence electrons. The van der Waals surface area contributed by atoms with Crippen molar-refractivity contribution in [3.63, 3.8) is 0 Å². The highest BCUT2D eigenvalue weighted by Crippen LogP contribution is 2.33. The molecule has 1 heterocycles. The molecule has 0 fully saturated rings. The van der Waals surface area contributed by atoms with Crippen LogP contribution in [0, 0.1) is 0 Å². The van der Waals surface area contributed by atoms with Gasteiger partial charge in [0.1, 0.15) is 5.75 Å². The molecule has 0 saturated carbocycles. The first-order valence-electron chi connectivity index (χ1n) is 6.66. The molecule has 0 saturated heterocycles. The Hall–Kier alpha value is -2.53. The highest BCUT2D eigenvalue weighted by Gasteiger charge is 2.27. The molecule has 0 radical (unpaired) electrons. The Morgan fingerprint density at radius 2 is 1.95 bits per heavy atom. The number of hydrogen-bond acceptors (Lipinski definition) is 3. The maximum absolute atomic E-state index is 12.6. The topological polar surface area (TPSA) is 66.8 Å². The SMILES string of the molecule is O=C(O)Oc1ccc2c(c1)N(C(=O)c1ccccc1Cl)CC2. The van der Waals surface area contributed by atoms with Crippen LogP contribution >= 0.6 is 11.6 Å². The standard InChI is InChI=1S/C16H12ClNO4/c17-13-4-2-1-3-12(13)15(19)18-8-7-10-5-6-11(9-14(10)18)22-16(20)21/h1-6,9H,7-8H2,(H,20,21). The third-order valence-electron chi connectivity index (χ3n) is 3.51. The van der Waals surface area contributed by atoms with Crippen LogP contribution in [0.25, 0.3) is 0 Å². The summed E-state index contributed by atoms with van der Waals surface area (Å²) in [6.07, 6.45) is -0.680. The fourth-order valence-corrected chi connectivity index (χ4v) is 2.73. The normalized spacial score (nSPS) is 12.9. The second kappa shape index (κ2) is 5.69. The predicted octanol–water partition coefficient (Wildman–Crippen LogP) is 3.60. The van der Waals surface area contributed by atoms with Gasteiger partial charge in [-0.2, -0.15) is 0 Å². The molecule has 0 aliphatic carbocycles. The van der Waals surface area contributed by atoms with E-state index in [1.165, 1.54) is 0 Å². The van der Waals surface area contributed by atoms with E-state index in [-0.39, 0.29) is 11.7 Å². The van der Waals surface area contributed by atoms with Gasteiger partial charge in [-0.1, -0.05) is 29.8 Å². The van der Waals surface area contributed by atoms with Gasteiger partial charge in [0.25, 0.3) is 5.91 Å². The second-order valence-corrected chi connectivity index (χ2v) is 5.25. The van der Waals surface area contributed by atoms with E-state index < -0.39 is 6.16 Å². The van der Waals surface area contributed by atoms with Crippen molar-refractivity contribution in [3.8, 4) is 5.75 Å². The van der Waals surface area contributed by atoms with Crippen molar-refractivity contribution < 1.29 is 19.4 Å². The molecular weight excluding hydrogens is 306 g/mol. The third-order valence-corrected chi connectivity index (χ3v) is 3.84. The summed E-state index contributed by atoms with van der Waals surface area (Å²) in [5.74, 6) is -0.0260. The first kappa shape index (κ1) is 14.4. The van der Waals surface area contributed by atoms with Gasteiger partial charge in [-0.05, 0) is 30.2 Å². The van der Waals surface area contributed by atoms with Gasteiger partial charge in [-0.25, -0.2) is 4.79 Å². The molecule has 6 heteroatoms. The van der Waals surface area contributed by atoms with E-state index in [0.717, 1.165) is 5.56 Å². The molecule has 1 amide bonds. The van der Waals surface area contributed by atoms with E-state index in [9.17, 15) is 9.59 Å². The van der Waals surface area contributed by atoms with E-state index in [2.05, 4.69) is 4.74 Å². The van der Waals surface area contributed by atoms with Crippen molar-refractivity contribution in [2.75, 3.05) is 11.4 Å². The third kappa shape index (κ3) is 2.63. The summed E-state index contributed by atoms with van der Waals surface area (Å²) in [6.45, 7) is 0.524. The van der Waals surface area contributed by atoms with Crippen molar-refractivity contribution in [1.82, 2.24) is 0 Å². The van der Waals surface area contributed by atoms with Crippen LogP contribution in [0.4, 0.5) is 10.5 Å². The minimum absolute atomic E-state index is 0.185. The summed E-state index contributed by atoms with van der Waals surface area (Å²) < 4.78 is 4.65. The number of carboxylic acid groups (broad SMARTS) is 1. The lowest BCUT2D eigenvalue weighted by Crippen LogP contribution is -2.29. The Morgan fingerprint density at radius 3 is 2.68 bits per heavy atom. The summed E-state index contributed by atoms with van der Waals surface area (Å²) in [5, 5.41) is 9.07. The Kier molecular flexibility index (Phi) is 3.73. The zero-order valence-electron chi connectivity index (χ0n) is 11.5. The van der Waals surface area contributed by atoms with Crippen LogP contribution in [0.15, 0.2) is 42.5 Å². The van der Waals surface area contributed by atoms with E-state index in [4.69, 9.17) is 16.7 Å². The van der Waals surface area contributed by atoms with Gasteiger partial charge < -0.3 is 14.7 Å². The molecule has 1 N–H and O–H groups in total. The lowest BCUT2D eigenvalue weighted by atomic mass is 10.1. The van der Waals surface area contributed by atoms with Gasteiger partial charge in [0, 0.05) is 12.6 Å². The van der Waals surface area contributed by atoms with Gasteiger partial charge in [-0.3, -0.25) is 4.79 Å². The molecule has 22 heavy (non-hydrogen) atoms. The first-order valence-corrected chi connectivity index (χ1v) is 7.04. The number of hydrogen-bond donors (Lipinski definition) is 1. The Bertz CT molecular complexity index is 760. The van der Waals surface area contributed by atoms with E-state index in [0.29, 0.717) is 29.2 Å². The smallest absolute Gasteiger partial charge is 0.449 e. The number of halogens is 1. The average molecular weight is 318 g/mol. The van der Waals surface area contributed by atoms with Crippen LogP contribution in [0.2, 0.25) is 5.02 Å². The van der Waals surface area contributed by atoms with Crippen molar-refractivity contribution in [2.45, 2.75) is 6.42 Å². The fourth-order valence-electron chi connectivity index (χ4n) is 2.51. The van der Waals surface area contributed by atoms with Gasteiger partial charge in [0.05, 0.1) is 16.3 Å². The summed E-state index contributed by atoms with van der Waals surface area (Å²) in [4.78, 5) is 24.9. The lowest BCUT2D eigenvalue weighted by molar-refractivity contribution is 0.0989. The average Bonchev–Trinajstić information content (AvgIpc) is 2.89. The molecular formula is C16H12ClNO4. The number of ether oxygens (including phenoxy) is 1. The van der Waals surface area contributed by atoms with Crippen LogP contribution in [0.3, 0.4) is 0 Å². The molecule has 2 aromatic carbocycles. The first-order chi connectivity index (χ1) is 10.6. The summed E-state index contributed by atoms with van der Waals surface area (Å²) >= 11 is 6.07. The minimum Gasteiger partial charge on any atom is -0.449 e. The molecule has 3 rings (SSSR count). The van der Waals surface area contributed by atoms with E-state index >= 15 is 0 Å². The lowest BCUT2D eigenvalue weighted by Gasteiger charge is -2.18. The number of carbonyl (C=O) groups is 2. The van der Waals surface area contributed by atoms with E-state index in [1.54, 1.807) is 47.4 Å². The number of benzene rings is 2. The highest BCUT2D eigenvalue weighted by molar-refractivity contribution is 6.34. The Morgan fingerprint density at radius 1 is 1.18 bits per heavy atom. The highest BCUT2D eigenvalue weighted by atomic mass is 35.5. The van der Waals surface area contributed by atoms with Crippen LogP contribution in [0.1, 0.15) is 15.9 Å². The quantitative estimate of drug-likeness (QED) is 0.679. The van der Waals surface area contributed by atoms with Crippen LogP contribution in [-0.2, 0) is 6.42 Å². The summed E-state index contributed by atoms with van der Waals surface area (Å²) in [7, 11) is 0. The largest absolute Gasteiger partial charge is 0.511 e. The summed E-state index contributed by atoms with van der Waals surface area (Å²) in [5.41, 5.74) is 2.04. The number of carbonyl (C=O) groups excluding carboxylic acids is 1. The molecule has 0 spiro atoms. The number of nitrogens with zero attached hydrogens (tertiary/aromatic N) is 1. The Balaban J connectivity index is 1.95. The molecule has 1 aliphatic rings. The van der Waals surface area contributed by atoms with Gasteiger partial charge in [0.2, 0.25) is 0 Å². The van der Waals surface area contributed by atoms with Crippen molar-refractivity contribution in [3.05, 3.63) is 58.6 Å². The second-order valence-electron chi connectivity index (χ2n) is 4.85. The Labute approximate surface area is 131 Å². The van der Waals surface area contributed by atoms with Crippen molar-refractivity contribution >= 4 is 29.4 Å². The minimum atomic E-state index is -1.39. The van der Waals surface area contributed by atoms with Crippen molar-refractivity contribution in [2.24, 2.45) is 0 Å². The van der Waals surface area contributed by atoms with Crippen LogP contribution < -0.4 is 9.64 Å². The maximum atomic E-state index is 12.6. The molecule has 5 nitrogen and oxygen atoms in total. The molecule has 1 aliphatic heterocycles. The number of rotatable bonds is 2. The van der Waals surface area contributed by atoms with Crippen molar-refractivity contribution in [1.29, 1.82) is 0 Å². The van der Waals surface area contributed by atoms with Gasteiger partial charge in [0.15, 0.2) is 0 Å². The summed E-state index contributed by atoms with van der Waals surface area (Å²) in [6, 6.07) is 11.8. The number of anilines is 1. The predicted molar refractivity (Wildman–Crippen MR) is 81.9 cm³/mol. The van der Waals surface area contributed by atoms with Crippen LogP contribution in [0.5, 0.6) is 5.75 Å². The number of amides is 1. The van der Waals surface area contributed by atoms with Gasteiger partial charge in [-0.15, -0.1) is 0 Å². The zero-order chi connectivity index (χ0) is 15.7. The molecule has 0 unspecified atom stereocenters. The molecule has 2 aromatic rings. The zero-order valence-corrected chi connectivity index (χ0v) is 12.2. The fraction of sp³-hybridized carbons (Fsp3) is 0.125. The molecule has 0 aromatic heterocycles. The molecule has 0 bridgehead atoms. The molecule has 0 atom stereocenters.